The van der Waals surface area contributed by atoms with Crippen molar-refractivity contribution in [2.45, 2.75) is 32.6 Å². The van der Waals surface area contributed by atoms with Gasteiger partial charge >= 0.3 is 6.03 Å². The molecule has 0 atom stereocenters. The minimum absolute atomic E-state index is 0.203. The molecular formula is C18H23N3O5. The van der Waals surface area contributed by atoms with Crippen molar-refractivity contribution in [3.05, 3.63) is 35.0 Å². The van der Waals surface area contributed by atoms with Gasteiger partial charge in [0.2, 0.25) is 5.91 Å². The molecule has 3 N–H and O–H groups in total. The Balaban J connectivity index is 1.97. The number of nitrogens with zero attached hydrogens (tertiary/aromatic N) is 1. The SMILES string of the molecule is COc1cc(C)ccc1C=C1NC(=O)N(CCCCCC(=O)NO)C1=O. The van der Waals surface area contributed by atoms with E-state index in [1.807, 2.05) is 25.1 Å². The molecule has 1 aliphatic rings. The van der Waals surface area contributed by atoms with Crippen LogP contribution < -0.4 is 15.5 Å². The van der Waals surface area contributed by atoms with Crippen molar-refractivity contribution >= 4 is 23.9 Å². The highest BCUT2D eigenvalue weighted by Crippen LogP contribution is 2.24. The van der Waals surface area contributed by atoms with Gasteiger partial charge in [0.05, 0.1) is 7.11 Å². The van der Waals surface area contributed by atoms with Crippen molar-refractivity contribution in [3.8, 4) is 5.75 Å². The zero-order valence-corrected chi connectivity index (χ0v) is 14.9. The predicted octanol–water partition coefficient (Wildman–Crippen LogP) is 1.96. The number of amides is 4. The molecule has 1 aromatic carbocycles. The number of aryl methyl sites for hydroxylation is 1. The molecule has 0 saturated carbocycles. The van der Waals surface area contributed by atoms with Crippen LogP contribution in [0.4, 0.5) is 4.79 Å². The smallest absolute Gasteiger partial charge is 0.329 e. The van der Waals surface area contributed by atoms with Gasteiger partial charge < -0.3 is 10.1 Å². The minimum Gasteiger partial charge on any atom is -0.496 e. The van der Waals surface area contributed by atoms with Gasteiger partial charge in [-0.15, -0.1) is 0 Å². The first-order valence-corrected chi connectivity index (χ1v) is 8.38. The van der Waals surface area contributed by atoms with E-state index >= 15 is 0 Å². The van der Waals surface area contributed by atoms with E-state index in [1.54, 1.807) is 18.7 Å². The molecule has 0 radical (unpaired) electrons. The molecule has 8 heteroatoms. The summed E-state index contributed by atoms with van der Waals surface area (Å²) >= 11 is 0. The number of rotatable bonds is 8. The number of imide groups is 1. The zero-order chi connectivity index (χ0) is 19.1. The molecular weight excluding hydrogens is 338 g/mol. The molecule has 1 heterocycles. The first kappa shape index (κ1) is 19.5. The summed E-state index contributed by atoms with van der Waals surface area (Å²) in [5.41, 5.74) is 3.51. The third kappa shape index (κ3) is 4.82. The average molecular weight is 361 g/mol. The van der Waals surface area contributed by atoms with Crippen LogP contribution in [0.15, 0.2) is 23.9 Å². The first-order valence-electron chi connectivity index (χ1n) is 8.38. The van der Waals surface area contributed by atoms with E-state index in [0.717, 1.165) is 10.5 Å². The summed E-state index contributed by atoms with van der Waals surface area (Å²) < 4.78 is 5.31. The van der Waals surface area contributed by atoms with Crippen LogP contribution in [-0.4, -0.2) is 41.6 Å². The standard InChI is InChI=1S/C18H23N3O5/c1-12-7-8-13(15(10-12)26-2)11-14-17(23)21(18(24)19-14)9-5-3-4-6-16(22)20-25/h7-8,10-11,25H,3-6,9H2,1-2H3,(H,19,24)(H,20,22). The molecule has 0 spiro atoms. The van der Waals surface area contributed by atoms with Crippen LogP contribution in [0.5, 0.6) is 5.75 Å². The number of methoxy groups -OCH3 is 1. The van der Waals surface area contributed by atoms with Gasteiger partial charge in [0.15, 0.2) is 0 Å². The lowest BCUT2D eigenvalue weighted by atomic mass is 10.1. The van der Waals surface area contributed by atoms with E-state index in [4.69, 9.17) is 9.94 Å². The fourth-order valence-electron chi connectivity index (χ4n) is 2.66. The molecule has 0 bridgehead atoms. The third-order valence-electron chi connectivity index (χ3n) is 4.06. The highest BCUT2D eigenvalue weighted by molar-refractivity contribution is 6.14. The van der Waals surface area contributed by atoms with E-state index in [1.165, 1.54) is 0 Å². The van der Waals surface area contributed by atoms with E-state index < -0.39 is 11.9 Å². The number of ether oxygens (including phenoxy) is 1. The molecule has 8 nitrogen and oxygen atoms in total. The maximum Gasteiger partial charge on any atom is 0.329 e. The van der Waals surface area contributed by atoms with Gasteiger partial charge in [0, 0.05) is 18.5 Å². The Hall–Kier alpha value is -2.87. The highest BCUT2D eigenvalue weighted by atomic mass is 16.5. The van der Waals surface area contributed by atoms with Crippen molar-refractivity contribution in [3.63, 3.8) is 0 Å². The molecule has 4 amide bonds. The lowest BCUT2D eigenvalue weighted by molar-refractivity contribution is -0.129. The number of hydrogen-bond acceptors (Lipinski definition) is 5. The largest absolute Gasteiger partial charge is 0.496 e. The highest BCUT2D eigenvalue weighted by Gasteiger charge is 2.33. The Kier molecular flexibility index (Phi) is 6.74. The summed E-state index contributed by atoms with van der Waals surface area (Å²) in [6.45, 7) is 2.21. The van der Waals surface area contributed by atoms with Crippen LogP contribution >= 0.6 is 0 Å². The maximum atomic E-state index is 12.4. The lowest BCUT2D eigenvalue weighted by Gasteiger charge is -2.11. The molecule has 140 valence electrons. The Morgan fingerprint density at radius 2 is 2.08 bits per heavy atom. The van der Waals surface area contributed by atoms with Gasteiger partial charge in [-0.1, -0.05) is 18.6 Å². The van der Waals surface area contributed by atoms with Gasteiger partial charge in [-0.05, 0) is 37.5 Å². The predicted molar refractivity (Wildman–Crippen MR) is 94.3 cm³/mol. The van der Waals surface area contributed by atoms with E-state index in [-0.39, 0.29) is 24.6 Å². The van der Waals surface area contributed by atoms with Crippen molar-refractivity contribution in [1.29, 1.82) is 0 Å². The Labute approximate surface area is 151 Å². The van der Waals surface area contributed by atoms with Crippen LogP contribution in [0.2, 0.25) is 0 Å². The summed E-state index contributed by atoms with van der Waals surface area (Å²) in [4.78, 5) is 36.5. The Morgan fingerprint density at radius 1 is 1.31 bits per heavy atom. The quantitative estimate of drug-likeness (QED) is 0.216. The monoisotopic (exact) mass is 361 g/mol. The normalized spacial score (nSPS) is 15.3. The summed E-state index contributed by atoms with van der Waals surface area (Å²) in [5, 5.41) is 11.0. The van der Waals surface area contributed by atoms with Crippen molar-refractivity contribution in [1.82, 2.24) is 15.7 Å². The van der Waals surface area contributed by atoms with Crippen LogP contribution in [-0.2, 0) is 9.59 Å². The molecule has 2 rings (SSSR count). The average Bonchev–Trinajstić information content (AvgIpc) is 2.89. The molecule has 26 heavy (non-hydrogen) atoms. The second-order valence-corrected chi connectivity index (χ2v) is 6.04. The van der Waals surface area contributed by atoms with Crippen LogP contribution in [0.3, 0.4) is 0 Å². The number of nitrogens with one attached hydrogen (secondary N) is 2. The Morgan fingerprint density at radius 3 is 2.77 bits per heavy atom. The van der Waals surface area contributed by atoms with Crippen LogP contribution in [0, 0.1) is 6.92 Å². The second-order valence-electron chi connectivity index (χ2n) is 6.04. The molecule has 1 fully saturated rings. The fraction of sp³-hybridized carbons (Fsp3) is 0.389. The van der Waals surface area contributed by atoms with Gasteiger partial charge in [0.1, 0.15) is 11.4 Å². The van der Waals surface area contributed by atoms with Crippen LogP contribution in [0.1, 0.15) is 36.8 Å². The molecule has 0 aliphatic carbocycles. The van der Waals surface area contributed by atoms with E-state index in [2.05, 4.69) is 5.32 Å². The number of unbranched alkanes of at least 4 members (excludes halogenated alkanes) is 2. The first-order chi connectivity index (χ1) is 12.5. The second kappa shape index (κ2) is 9.00. The van der Waals surface area contributed by atoms with Crippen molar-refractivity contribution < 1.29 is 24.3 Å². The summed E-state index contributed by atoms with van der Waals surface area (Å²) in [5.74, 6) is -0.205. The number of hydroxylamine groups is 1. The molecule has 1 aliphatic heterocycles. The lowest BCUT2D eigenvalue weighted by Crippen LogP contribution is -2.31. The molecule has 0 unspecified atom stereocenters. The summed E-state index contributed by atoms with van der Waals surface area (Å²) in [7, 11) is 1.55. The topological polar surface area (TPSA) is 108 Å². The molecule has 0 aromatic heterocycles. The zero-order valence-electron chi connectivity index (χ0n) is 14.9. The summed E-state index contributed by atoms with van der Waals surface area (Å²) in [6.07, 6.45) is 3.62. The number of benzene rings is 1. The third-order valence-corrected chi connectivity index (χ3v) is 4.06. The van der Waals surface area contributed by atoms with Crippen molar-refractivity contribution in [2.24, 2.45) is 0 Å². The maximum absolute atomic E-state index is 12.4. The minimum atomic E-state index is -0.458. The fourth-order valence-corrected chi connectivity index (χ4v) is 2.66. The Bertz CT molecular complexity index is 730. The van der Waals surface area contributed by atoms with Crippen molar-refractivity contribution in [2.75, 3.05) is 13.7 Å². The van der Waals surface area contributed by atoms with Crippen LogP contribution in [0.25, 0.3) is 6.08 Å². The number of carbonyl (C=O) groups is 3. The summed E-state index contributed by atoms with van der Waals surface area (Å²) in [6, 6.07) is 5.13. The molecule has 1 saturated heterocycles. The number of hydrogen-bond donors (Lipinski definition) is 3. The van der Waals surface area contributed by atoms with E-state index in [9.17, 15) is 14.4 Å². The van der Waals surface area contributed by atoms with Gasteiger partial charge in [-0.3, -0.25) is 19.7 Å². The van der Waals surface area contributed by atoms with E-state index in [0.29, 0.717) is 30.6 Å². The van der Waals surface area contributed by atoms with Gasteiger partial charge in [0.25, 0.3) is 5.91 Å². The number of carbonyl (C=O) groups excluding carboxylic acids is 3. The number of urea groups is 1. The van der Waals surface area contributed by atoms with Gasteiger partial charge in [-0.25, -0.2) is 10.3 Å². The van der Waals surface area contributed by atoms with Gasteiger partial charge in [-0.2, -0.15) is 0 Å². The molecule has 1 aromatic rings.